The molecule has 0 aliphatic heterocycles. The first-order chi connectivity index (χ1) is 7.09. The van der Waals surface area contributed by atoms with Crippen LogP contribution in [0.4, 0.5) is 0 Å². The molecule has 1 atom stereocenters. The van der Waals surface area contributed by atoms with Crippen LogP contribution in [0, 0.1) is 5.92 Å². The minimum absolute atomic E-state index is 0.0480. The highest BCUT2D eigenvalue weighted by Crippen LogP contribution is 2.17. The predicted octanol–water partition coefficient (Wildman–Crippen LogP) is 0.947. The first-order valence-corrected chi connectivity index (χ1v) is 5.68. The van der Waals surface area contributed by atoms with Crippen molar-refractivity contribution in [2.45, 2.75) is 51.5 Å². The van der Waals surface area contributed by atoms with E-state index < -0.39 is 5.91 Å². The maximum absolute atomic E-state index is 11.5. The summed E-state index contributed by atoms with van der Waals surface area (Å²) in [5.41, 5.74) is 5.10. The second-order valence-electron chi connectivity index (χ2n) is 4.41. The van der Waals surface area contributed by atoms with Crippen molar-refractivity contribution >= 4 is 11.8 Å². The van der Waals surface area contributed by atoms with E-state index >= 15 is 0 Å². The fourth-order valence-electron chi connectivity index (χ4n) is 1.91. The fraction of sp³-hybridized carbons (Fsp3) is 0.818. The van der Waals surface area contributed by atoms with Crippen LogP contribution in [0.3, 0.4) is 0 Å². The molecule has 4 nitrogen and oxygen atoms in total. The van der Waals surface area contributed by atoms with Gasteiger partial charge in [-0.2, -0.15) is 0 Å². The number of amides is 2. The van der Waals surface area contributed by atoms with Gasteiger partial charge in [-0.25, -0.2) is 0 Å². The van der Waals surface area contributed by atoms with Crippen molar-refractivity contribution in [2.24, 2.45) is 11.7 Å². The molecule has 0 aromatic rings. The zero-order valence-electron chi connectivity index (χ0n) is 9.29. The van der Waals surface area contributed by atoms with E-state index in [1.165, 1.54) is 19.3 Å². The predicted molar refractivity (Wildman–Crippen MR) is 58.0 cm³/mol. The van der Waals surface area contributed by atoms with Gasteiger partial charge in [0, 0.05) is 18.4 Å². The molecule has 0 aromatic carbocycles. The molecule has 3 N–H and O–H groups in total. The number of carbonyl (C=O) groups excluding carboxylic acids is 2. The van der Waals surface area contributed by atoms with Gasteiger partial charge in [-0.1, -0.05) is 26.2 Å². The highest BCUT2D eigenvalue weighted by Gasteiger charge is 2.18. The molecule has 0 radical (unpaired) electrons. The number of rotatable bonds is 4. The second-order valence-corrected chi connectivity index (χ2v) is 4.41. The maximum atomic E-state index is 11.5. The first kappa shape index (κ1) is 12.0. The smallest absolute Gasteiger partial charge is 0.221 e. The Morgan fingerprint density at radius 1 is 1.33 bits per heavy atom. The summed E-state index contributed by atoms with van der Waals surface area (Å²) >= 11 is 0. The molecule has 0 saturated heterocycles. The summed E-state index contributed by atoms with van der Waals surface area (Å²) in [6, 6.07) is 0.311. The summed E-state index contributed by atoms with van der Waals surface area (Å²) in [6.07, 6.45) is 6.00. The van der Waals surface area contributed by atoms with Gasteiger partial charge < -0.3 is 11.1 Å². The third-order valence-electron chi connectivity index (χ3n) is 2.95. The monoisotopic (exact) mass is 212 g/mol. The summed E-state index contributed by atoms with van der Waals surface area (Å²) in [6.45, 7) is 1.68. The van der Waals surface area contributed by atoms with Gasteiger partial charge >= 0.3 is 0 Å². The Morgan fingerprint density at radius 3 is 2.47 bits per heavy atom. The average molecular weight is 212 g/mol. The minimum atomic E-state index is -0.409. The van der Waals surface area contributed by atoms with E-state index in [4.69, 9.17) is 5.73 Å². The van der Waals surface area contributed by atoms with Gasteiger partial charge in [0.05, 0.1) is 0 Å². The Labute approximate surface area is 90.6 Å². The Balaban J connectivity index is 2.25. The number of nitrogens with two attached hydrogens (primary N) is 1. The molecule has 4 heteroatoms. The lowest BCUT2D eigenvalue weighted by atomic mass is 9.95. The molecule has 1 aliphatic rings. The van der Waals surface area contributed by atoms with Crippen LogP contribution in [0.25, 0.3) is 0 Å². The van der Waals surface area contributed by atoms with Gasteiger partial charge in [0.15, 0.2) is 0 Å². The molecule has 1 fully saturated rings. The number of primary amides is 1. The van der Waals surface area contributed by atoms with Crippen LogP contribution in [0.5, 0.6) is 0 Å². The van der Waals surface area contributed by atoms with Crippen molar-refractivity contribution in [3.05, 3.63) is 0 Å². The van der Waals surface area contributed by atoms with Crippen LogP contribution < -0.4 is 11.1 Å². The van der Waals surface area contributed by atoms with Gasteiger partial charge in [0.2, 0.25) is 11.8 Å². The van der Waals surface area contributed by atoms with Gasteiger partial charge in [-0.05, 0) is 12.8 Å². The summed E-state index contributed by atoms with van der Waals surface area (Å²) < 4.78 is 0. The van der Waals surface area contributed by atoms with Crippen LogP contribution in [0.15, 0.2) is 0 Å². The topological polar surface area (TPSA) is 72.2 Å². The van der Waals surface area contributed by atoms with E-state index in [9.17, 15) is 9.59 Å². The number of carbonyl (C=O) groups is 2. The number of nitrogens with one attached hydrogen (secondary N) is 1. The summed E-state index contributed by atoms with van der Waals surface area (Å²) in [5, 5.41) is 2.96. The quantitative estimate of drug-likeness (QED) is 0.728. The van der Waals surface area contributed by atoms with Crippen molar-refractivity contribution in [3.8, 4) is 0 Å². The van der Waals surface area contributed by atoms with E-state index in [0.717, 1.165) is 12.8 Å². The van der Waals surface area contributed by atoms with E-state index in [1.807, 2.05) is 0 Å². The lowest BCUT2D eigenvalue weighted by Gasteiger charge is -2.23. The van der Waals surface area contributed by atoms with Crippen molar-refractivity contribution < 1.29 is 9.59 Å². The zero-order valence-corrected chi connectivity index (χ0v) is 9.29. The summed E-state index contributed by atoms with van der Waals surface area (Å²) in [5.74, 6) is -0.824. The molecule has 1 rings (SSSR count). The molecule has 1 saturated carbocycles. The maximum Gasteiger partial charge on any atom is 0.221 e. The third-order valence-corrected chi connectivity index (χ3v) is 2.95. The fourth-order valence-corrected chi connectivity index (χ4v) is 1.91. The molecule has 0 aromatic heterocycles. The summed E-state index contributed by atoms with van der Waals surface area (Å²) in [4.78, 5) is 22.3. The van der Waals surface area contributed by atoms with E-state index in [1.54, 1.807) is 6.92 Å². The molecular weight excluding hydrogens is 192 g/mol. The zero-order chi connectivity index (χ0) is 11.3. The van der Waals surface area contributed by atoms with Crippen molar-refractivity contribution in [3.63, 3.8) is 0 Å². The largest absolute Gasteiger partial charge is 0.369 e. The lowest BCUT2D eigenvalue weighted by molar-refractivity contribution is -0.128. The summed E-state index contributed by atoms with van der Waals surface area (Å²) in [7, 11) is 0. The van der Waals surface area contributed by atoms with E-state index in [0.29, 0.717) is 6.04 Å². The molecule has 1 unspecified atom stereocenters. The van der Waals surface area contributed by atoms with Gasteiger partial charge in [-0.3, -0.25) is 9.59 Å². The highest BCUT2D eigenvalue weighted by molar-refractivity contribution is 5.84. The van der Waals surface area contributed by atoms with Crippen molar-refractivity contribution in [1.82, 2.24) is 5.32 Å². The third kappa shape index (κ3) is 4.32. The number of hydrogen-bond donors (Lipinski definition) is 2. The van der Waals surface area contributed by atoms with E-state index in [-0.39, 0.29) is 18.2 Å². The Bertz CT molecular complexity index is 235. The first-order valence-electron chi connectivity index (χ1n) is 5.68. The van der Waals surface area contributed by atoms with Crippen LogP contribution >= 0.6 is 0 Å². The van der Waals surface area contributed by atoms with Gasteiger partial charge in [-0.15, -0.1) is 0 Å². The average Bonchev–Trinajstić information content (AvgIpc) is 2.18. The van der Waals surface area contributed by atoms with Crippen molar-refractivity contribution in [1.29, 1.82) is 0 Å². The number of hydrogen-bond acceptors (Lipinski definition) is 2. The highest BCUT2D eigenvalue weighted by atomic mass is 16.2. The van der Waals surface area contributed by atoms with Gasteiger partial charge in [0.25, 0.3) is 0 Å². The molecule has 2 amide bonds. The lowest BCUT2D eigenvalue weighted by Crippen LogP contribution is -2.38. The molecule has 86 valence electrons. The molecule has 0 spiro atoms. The van der Waals surface area contributed by atoms with Crippen LogP contribution in [-0.2, 0) is 9.59 Å². The Morgan fingerprint density at radius 2 is 1.93 bits per heavy atom. The molecule has 1 aliphatic carbocycles. The van der Waals surface area contributed by atoms with Crippen LogP contribution in [0.1, 0.15) is 45.4 Å². The minimum Gasteiger partial charge on any atom is -0.369 e. The normalized spacial score (nSPS) is 19.5. The Hall–Kier alpha value is -1.06. The van der Waals surface area contributed by atoms with E-state index in [2.05, 4.69) is 5.32 Å². The molecule has 0 bridgehead atoms. The van der Waals surface area contributed by atoms with Crippen molar-refractivity contribution in [2.75, 3.05) is 0 Å². The second kappa shape index (κ2) is 5.73. The standard InChI is InChI=1S/C11H20N2O2/c1-8(11(12)15)7-10(14)13-9-5-3-2-4-6-9/h8-9H,2-7H2,1H3,(H2,12,15)(H,13,14). The molecular formula is C11H20N2O2. The Kier molecular flexibility index (Phi) is 4.59. The van der Waals surface area contributed by atoms with Crippen LogP contribution in [0.2, 0.25) is 0 Å². The van der Waals surface area contributed by atoms with Crippen LogP contribution in [-0.4, -0.2) is 17.9 Å². The molecule has 0 heterocycles. The SMILES string of the molecule is CC(CC(=O)NC1CCCCC1)C(N)=O. The van der Waals surface area contributed by atoms with Gasteiger partial charge in [0.1, 0.15) is 0 Å². The molecule has 15 heavy (non-hydrogen) atoms.